The molecule has 3 rings (SSSR count). The van der Waals surface area contributed by atoms with E-state index in [9.17, 15) is 4.79 Å². The second-order valence-corrected chi connectivity index (χ2v) is 5.92. The second-order valence-electron chi connectivity index (χ2n) is 4.89. The van der Waals surface area contributed by atoms with E-state index in [-0.39, 0.29) is 5.91 Å². The zero-order valence-electron chi connectivity index (χ0n) is 11.8. The average Bonchev–Trinajstić information content (AvgIpc) is 3.06. The van der Waals surface area contributed by atoms with E-state index in [2.05, 4.69) is 10.3 Å². The van der Waals surface area contributed by atoms with E-state index < -0.39 is 0 Å². The van der Waals surface area contributed by atoms with Gasteiger partial charge >= 0.3 is 0 Å². The molecule has 3 aromatic rings. The first kappa shape index (κ1) is 13.8. The molecule has 0 bridgehead atoms. The average molecular weight is 300 g/mol. The van der Waals surface area contributed by atoms with Crippen LogP contribution in [0.5, 0.6) is 0 Å². The largest absolute Gasteiger partial charge is 0.441 e. The molecule has 1 amide bonds. The molecule has 0 saturated carbocycles. The van der Waals surface area contributed by atoms with Crippen molar-refractivity contribution in [2.45, 2.75) is 19.8 Å². The van der Waals surface area contributed by atoms with Gasteiger partial charge in [0.2, 0.25) is 5.91 Å². The van der Waals surface area contributed by atoms with Gasteiger partial charge in [0.1, 0.15) is 5.52 Å². The van der Waals surface area contributed by atoms with Crippen LogP contribution in [-0.2, 0) is 17.6 Å². The van der Waals surface area contributed by atoms with Gasteiger partial charge in [-0.1, -0.05) is 12.1 Å². The molecule has 0 aliphatic rings. The topological polar surface area (TPSA) is 55.1 Å². The molecule has 21 heavy (non-hydrogen) atoms. The lowest BCUT2D eigenvalue weighted by Gasteiger charge is -2.04. The summed E-state index contributed by atoms with van der Waals surface area (Å²) in [6, 6.07) is 9.90. The Kier molecular flexibility index (Phi) is 4.01. The predicted molar refractivity (Wildman–Crippen MR) is 83.5 cm³/mol. The molecule has 0 radical (unpaired) electrons. The summed E-state index contributed by atoms with van der Waals surface area (Å²) in [5.74, 6) is 0.737. The molecule has 0 aliphatic heterocycles. The molecule has 108 valence electrons. The molecule has 1 N–H and O–H groups in total. The molecular weight excluding hydrogens is 284 g/mol. The van der Waals surface area contributed by atoms with Gasteiger partial charge in [-0.3, -0.25) is 4.79 Å². The first-order chi connectivity index (χ1) is 10.2. The minimum absolute atomic E-state index is 0.0639. The summed E-state index contributed by atoms with van der Waals surface area (Å²) in [6.07, 6.45) is 1.24. The van der Waals surface area contributed by atoms with E-state index in [1.54, 1.807) is 11.3 Å². The Hall–Kier alpha value is -2.14. The fraction of sp³-hybridized carbons (Fsp3) is 0.250. The molecule has 0 spiro atoms. The highest BCUT2D eigenvalue weighted by Crippen LogP contribution is 2.17. The van der Waals surface area contributed by atoms with Gasteiger partial charge in [-0.25, -0.2) is 4.98 Å². The molecular formula is C16H16N2O2S. The molecule has 2 heterocycles. The number of fused-ring (bicyclic) bond motifs is 1. The van der Waals surface area contributed by atoms with E-state index in [1.807, 2.05) is 42.6 Å². The van der Waals surface area contributed by atoms with E-state index in [0.29, 0.717) is 18.9 Å². The fourth-order valence-electron chi connectivity index (χ4n) is 2.22. The highest BCUT2D eigenvalue weighted by atomic mass is 32.1. The van der Waals surface area contributed by atoms with Crippen LogP contribution >= 0.6 is 11.3 Å². The van der Waals surface area contributed by atoms with Gasteiger partial charge in [0.15, 0.2) is 11.5 Å². The van der Waals surface area contributed by atoms with Crippen LogP contribution in [0.25, 0.3) is 11.1 Å². The quantitative estimate of drug-likeness (QED) is 0.787. The first-order valence-corrected chi connectivity index (χ1v) is 7.74. The summed E-state index contributed by atoms with van der Waals surface area (Å²) in [5.41, 5.74) is 2.81. The number of thiophene rings is 1. The van der Waals surface area contributed by atoms with Crippen LogP contribution in [0.1, 0.15) is 16.3 Å². The fourth-order valence-corrected chi connectivity index (χ4v) is 2.92. The van der Waals surface area contributed by atoms with E-state index in [1.165, 1.54) is 0 Å². The summed E-state index contributed by atoms with van der Waals surface area (Å²) >= 11 is 1.60. The van der Waals surface area contributed by atoms with Gasteiger partial charge in [0, 0.05) is 18.3 Å². The monoisotopic (exact) mass is 300 g/mol. The van der Waals surface area contributed by atoms with Gasteiger partial charge in [-0.2, -0.15) is 0 Å². The maximum absolute atomic E-state index is 11.8. The number of carbonyl (C=O) groups excluding carboxylic acids is 1. The van der Waals surface area contributed by atoms with Crippen LogP contribution in [0.2, 0.25) is 0 Å². The third-order valence-electron chi connectivity index (χ3n) is 3.21. The second kappa shape index (κ2) is 6.10. The van der Waals surface area contributed by atoms with Crippen LogP contribution < -0.4 is 5.32 Å². The maximum Gasteiger partial charge on any atom is 0.225 e. The Bertz CT molecular complexity index is 747. The first-order valence-electron chi connectivity index (χ1n) is 6.86. The zero-order valence-corrected chi connectivity index (χ0v) is 12.6. The van der Waals surface area contributed by atoms with Crippen LogP contribution in [0.3, 0.4) is 0 Å². The van der Waals surface area contributed by atoms with Crippen molar-refractivity contribution in [1.82, 2.24) is 10.3 Å². The number of rotatable bonds is 5. The van der Waals surface area contributed by atoms with Crippen molar-refractivity contribution in [2.75, 3.05) is 6.54 Å². The van der Waals surface area contributed by atoms with Gasteiger partial charge < -0.3 is 9.73 Å². The standard InChI is InChI=1S/C16H16N2O2S/c1-11-18-14-5-4-12(9-15(14)20-11)6-7-17-16(19)10-13-3-2-8-21-13/h2-5,8-9H,6-7,10H2,1H3,(H,17,19). The predicted octanol–water partition coefficient (Wildman–Crippen LogP) is 3.10. The van der Waals surface area contributed by atoms with Crippen LogP contribution in [0, 0.1) is 6.92 Å². The lowest BCUT2D eigenvalue weighted by Crippen LogP contribution is -2.26. The van der Waals surface area contributed by atoms with Crippen molar-refractivity contribution >= 4 is 28.3 Å². The molecule has 0 atom stereocenters. The number of aromatic nitrogens is 1. The number of aryl methyl sites for hydroxylation is 1. The molecule has 0 aliphatic carbocycles. The number of nitrogens with one attached hydrogen (secondary N) is 1. The minimum atomic E-state index is 0.0639. The van der Waals surface area contributed by atoms with E-state index >= 15 is 0 Å². The third kappa shape index (κ3) is 3.49. The molecule has 5 heteroatoms. The Balaban J connectivity index is 1.53. The molecule has 0 saturated heterocycles. The number of nitrogens with zero attached hydrogens (tertiary/aromatic N) is 1. The number of amides is 1. The van der Waals surface area contributed by atoms with Crippen molar-refractivity contribution in [1.29, 1.82) is 0 Å². The van der Waals surface area contributed by atoms with Crippen LogP contribution in [0.15, 0.2) is 40.1 Å². The summed E-state index contributed by atoms with van der Waals surface area (Å²) in [7, 11) is 0. The van der Waals surface area contributed by atoms with E-state index in [0.717, 1.165) is 28.0 Å². The highest BCUT2D eigenvalue weighted by molar-refractivity contribution is 7.10. The summed E-state index contributed by atoms with van der Waals surface area (Å²) < 4.78 is 5.51. The molecule has 0 fully saturated rings. The number of benzene rings is 1. The Morgan fingerprint density at radius 1 is 1.38 bits per heavy atom. The molecule has 1 aromatic carbocycles. The lowest BCUT2D eigenvalue weighted by atomic mass is 10.1. The van der Waals surface area contributed by atoms with Crippen LogP contribution in [-0.4, -0.2) is 17.4 Å². The summed E-state index contributed by atoms with van der Waals surface area (Å²) in [6.45, 7) is 2.47. The Morgan fingerprint density at radius 2 is 2.29 bits per heavy atom. The highest BCUT2D eigenvalue weighted by Gasteiger charge is 2.05. The number of carbonyl (C=O) groups is 1. The van der Waals surface area contributed by atoms with Gasteiger partial charge in [0.25, 0.3) is 0 Å². The zero-order chi connectivity index (χ0) is 14.7. The van der Waals surface area contributed by atoms with Crippen LogP contribution in [0.4, 0.5) is 0 Å². The van der Waals surface area contributed by atoms with E-state index in [4.69, 9.17) is 4.42 Å². The Morgan fingerprint density at radius 3 is 3.10 bits per heavy atom. The van der Waals surface area contributed by atoms with Gasteiger partial charge in [0.05, 0.1) is 6.42 Å². The number of hydrogen-bond donors (Lipinski definition) is 1. The van der Waals surface area contributed by atoms with Gasteiger partial charge in [-0.15, -0.1) is 11.3 Å². The number of hydrogen-bond acceptors (Lipinski definition) is 4. The summed E-state index contributed by atoms with van der Waals surface area (Å²) in [4.78, 5) is 17.1. The van der Waals surface area contributed by atoms with Crippen molar-refractivity contribution in [2.24, 2.45) is 0 Å². The lowest BCUT2D eigenvalue weighted by molar-refractivity contribution is -0.120. The SMILES string of the molecule is Cc1nc2ccc(CCNC(=O)Cc3cccs3)cc2o1. The molecule has 2 aromatic heterocycles. The van der Waals surface area contributed by atoms with Crippen molar-refractivity contribution in [3.63, 3.8) is 0 Å². The van der Waals surface area contributed by atoms with Crippen molar-refractivity contribution in [3.05, 3.63) is 52.0 Å². The Labute approximate surface area is 126 Å². The van der Waals surface area contributed by atoms with Crippen molar-refractivity contribution < 1.29 is 9.21 Å². The normalized spacial score (nSPS) is 10.9. The molecule has 0 unspecified atom stereocenters. The number of oxazole rings is 1. The third-order valence-corrected chi connectivity index (χ3v) is 4.09. The van der Waals surface area contributed by atoms with Gasteiger partial charge in [-0.05, 0) is 35.6 Å². The molecule has 4 nitrogen and oxygen atoms in total. The minimum Gasteiger partial charge on any atom is -0.441 e. The summed E-state index contributed by atoms with van der Waals surface area (Å²) in [5, 5.41) is 4.93. The smallest absolute Gasteiger partial charge is 0.225 e. The maximum atomic E-state index is 11.8. The van der Waals surface area contributed by atoms with Crippen molar-refractivity contribution in [3.8, 4) is 0 Å².